The van der Waals surface area contributed by atoms with Gasteiger partial charge in [0.25, 0.3) is 0 Å². The number of anilines is 3. The lowest BCUT2D eigenvalue weighted by molar-refractivity contribution is 1.31. The average molecular weight is 602 g/mol. The maximum absolute atomic E-state index is 2.45. The van der Waals surface area contributed by atoms with E-state index in [0.717, 1.165) is 11.4 Å². The molecule has 1 nitrogen and oxygen atoms in total. The van der Waals surface area contributed by atoms with Crippen LogP contribution < -0.4 is 4.90 Å². The molecule has 0 spiro atoms. The van der Waals surface area contributed by atoms with Crippen LogP contribution in [0.1, 0.15) is 0 Å². The molecule has 214 valence electrons. The van der Waals surface area contributed by atoms with Crippen molar-refractivity contribution in [3.8, 4) is 0 Å². The Balaban J connectivity index is 1.31. The van der Waals surface area contributed by atoms with Crippen LogP contribution in [0.5, 0.6) is 0 Å². The first-order valence-corrected chi connectivity index (χ1v) is 16.6. The van der Waals surface area contributed by atoms with Crippen LogP contribution in [-0.2, 0) is 0 Å². The molecule has 0 fully saturated rings. The fourth-order valence-electron chi connectivity index (χ4n) is 7.63. The van der Waals surface area contributed by atoms with Gasteiger partial charge in [-0.15, -0.1) is 11.3 Å². The summed E-state index contributed by atoms with van der Waals surface area (Å²) in [6, 6.07) is 60.0. The molecule has 46 heavy (non-hydrogen) atoms. The number of thiophene rings is 1. The number of hydrogen-bond acceptors (Lipinski definition) is 2. The molecule has 0 saturated heterocycles. The van der Waals surface area contributed by atoms with E-state index in [1.165, 1.54) is 79.7 Å². The Bertz CT molecular complexity index is 2770. The van der Waals surface area contributed by atoms with Crippen molar-refractivity contribution in [1.82, 2.24) is 0 Å². The van der Waals surface area contributed by atoms with Crippen molar-refractivity contribution in [3.05, 3.63) is 164 Å². The van der Waals surface area contributed by atoms with E-state index in [1.807, 2.05) is 11.3 Å². The largest absolute Gasteiger partial charge is 0.309 e. The summed E-state index contributed by atoms with van der Waals surface area (Å²) in [5.41, 5.74) is 3.49. The number of benzene rings is 9. The lowest BCUT2D eigenvalue weighted by Crippen LogP contribution is -2.10. The van der Waals surface area contributed by atoms with E-state index in [2.05, 4.69) is 169 Å². The van der Waals surface area contributed by atoms with Gasteiger partial charge >= 0.3 is 0 Å². The minimum atomic E-state index is 1.15. The molecule has 0 radical (unpaired) electrons. The summed E-state index contributed by atoms with van der Waals surface area (Å²) in [4.78, 5) is 2.45. The summed E-state index contributed by atoms with van der Waals surface area (Å²) in [5, 5.41) is 15.6. The second-order valence-electron chi connectivity index (χ2n) is 12.0. The first-order valence-electron chi connectivity index (χ1n) is 15.8. The highest BCUT2D eigenvalue weighted by molar-refractivity contribution is 7.27. The zero-order valence-corrected chi connectivity index (χ0v) is 25.8. The molecule has 1 aromatic heterocycles. The number of rotatable bonds is 3. The van der Waals surface area contributed by atoms with Crippen molar-refractivity contribution in [1.29, 1.82) is 0 Å². The number of fused-ring (bicyclic) bond motifs is 14. The van der Waals surface area contributed by atoms with E-state index in [9.17, 15) is 0 Å². The molecule has 10 aromatic rings. The van der Waals surface area contributed by atoms with E-state index >= 15 is 0 Å². The molecular formula is C44H27NS. The average Bonchev–Trinajstić information content (AvgIpc) is 3.54. The van der Waals surface area contributed by atoms with Crippen LogP contribution >= 0.6 is 11.3 Å². The Kier molecular flexibility index (Phi) is 5.51. The predicted octanol–water partition coefficient (Wildman–Crippen LogP) is 13.3. The third-order valence-electron chi connectivity index (χ3n) is 9.59. The third-order valence-corrected chi connectivity index (χ3v) is 10.9. The molecule has 0 saturated carbocycles. The van der Waals surface area contributed by atoms with Crippen LogP contribution in [0.3, 0.4) is 0 Å². The summed E-state index contributed by atoms with van der Waals surface area (Å²) in [7, 11) is 0. The summed E-state index contributed by atoms with van der Waals surface area (Å²) in [6.07, 6.45) is 0. The van der Waals surface area contributed by atoms with Gasteiger partial charge in [0.15, 0.2) is 0 Å². The smallest absolute Gasteiger partial charge is 0.0640 e. The van der Waals surface area contributed by atoms with E-state index in [4.69, 9.17) is 0 Å². The molecule has 9 aromatic carbocycles. The van der Waals surface area contributed by atoms with Gasteiger partial charge in [0.2, 0.25) is 0 Å². The van der Waals surface area contributed by atoms with E-state index in [-0.39, 0.29) is 0 Å². The summed E-state index contributed by atoms with van der Waals surface area (Å²) in [6.45, 7) is 0. The van der Waals surface area contributed by atoms with E-state index < -0.39 is 0 Å². The molecule has 0 aliphatic carbocycles. The monoisotopic (exact) mass is 601 g/mol. The molecule has 0 aliphatic heterocycles. The molecule has 0 aliphatic rings. The van der Waals surface area contributed by atoms with Gasteiger partial charge in [-0.05, 0) is 78.8 Å². The van der Waals surface area contributed by atoms with Crippen molar-refractivity contribution >= 4 is 102 Å². The Morgan fingerprint density at radius 1 is 0.304 bits per heavy atom. The molecule has 10 rings (SSSR count). The predicted molar refractivity (Wildman–Crippen MR) is 202 cm³/mol. The minimum absolute atomic E-state index is 1.15. The van der Waals surface area contributed by atoms with Gasteiger partial charge in [0.1, 0.15) is 0 Å². The zero-order valence-electron chi connectivity index (χ0n) is 24.9. The van der Waals surface area contributed by atoms with Crippen molar-refractivity contribution in [2.24, 2.45) is 0 Å². The number of para-hydroxylation sites is 1. The minimum Gasteiger partial charge on any atom is -0.309 e. The molecule has 0 atom stereocenters. The molecule has 0 unspecified atom stereocenters. The normalized spacial score (nSPS) is 11.9. The van der Waals surface area contributed by atoms with Gasteiger partial charge in [-0.3, -0.25) is 0 Å². The molecule has 0 amide bonds. The van der Waals surface area contributed by atoms with Gasteiger partial charge in [0.05, 0.1) is 10.4 Å². The lowest BCUT2D eigenvalue weighted by Gasteiger charge is -2.26. The molecule has 0 N–H and O–H groups in total. The van der Waals surface area contributed by atoms with E-state index in [1.54, 1.807) is 0 Å². The summed E-state index contributed by atoms with van der Waals surface area (Å²) < 4.78 is 2.65. The van der Waals surface area contributed by atoms with Crippen LogP contribution in [0, 0.1) is 0 Å². The first-order chi connectivity index (χ1) is 22.8. The zero-order chi connectivity index (χ0) is 30.2. The van der Waals surface area contributed by atoms with Crippen LogP contribution in [0.4, 0.5) is 17.1 Å². The molecular weight excluding hydrogens is 575 g/mol. The molecule has 0 bridgehead atoms. The lowest BCUT2D eigenvalue weighted by atomic mass is 9.94. The summed E-state index contributed by atoms with van der Waals surface area (Å²) >= 11 is 1.92. The summed E-state index contributed by atoms with van der Waals surface area (Å²) in [5.74, 6) is 0. The van der Waals surface area contributed by atoms with Gasteiger partial charge in [0, 0.05) is 32.2 Å². The Morgan fingerprint density at radius 3 is 1.43 bits per heavy atom. The second-order valence-corrected chi connectivity index (χ2v) is 13.1. The van der Waals surface area contributed by atoms with Gasteiger partial charge in [-0.25, -0.2) is 0 Å². The van der Waals surface area contributed by atoms with Crippen molar-refractivity contribution in [2.45, 2.75) is 0 Å². The number of nitrogens with zero attached hydrogens (tertiary/aromatic N) is 1. The molecule has 2 heteroatoms. The second kappa shape index (κ2) is 9.90. The standard InChI is InChI=1S/C44H27NS/c1-2-13-28(14-3-1)45(29-25-26-36-32-17-5-4-15-30(32)31-16-6-7-20-35(31)40(36)27-29)41-24-12-23-39-42-37-21-10-8-18-33(37)34-19-9-11-22-38(34)44(42)46-43(39)41/h1-27H. The Hall–Kier alpha value is -5.70. The van der Waals surface area contributed by atoms with Crippen molar-refractivity contribution in [3.63, 3.8) is 0 Å². The van der Waals surface area contributed by atoms with Crippen LogP contribution in [0.25, 0.3) is 74.0 Å². The van der Waals surface area contributed by atoms with Crippen molar-refractivity contribution < 1.29 is 0 Å². The SMILES string of the molecule is c1ccc(N(c2ccc3c4ccccc4c4ccccc4c3c2)c2cccc3c2sc2c4ccccc4c4ccccc4c32)cc1. The third kappa shape index (κ3) is 3.62. The number of hydrogen-bond donors (Lipinski definition) is 0. The van der Waals surface area contributed by atoms with Crippen LogP contribution in [0.2, 0.25) is 0 Å². The maximum Gasteiger partial charge on any atom is 0.0640 e. The fourth-order valence-corrected chi connectivity index (χ4v) is 8.99. The van der Waals surface area contributed by atoms with Gasteiger partial charge < -0.3 is 4.90 Å². The molecule has 1 heterocycles. The van der Waals surface area contributed by atoms with Gasteiger partial charge in [-0.1, -0.05) is 133 Å². The van der Waals surface area contributed by atoms with Gasteiger partial charge in [-0.2, -0.15) is 0 Å². The van der Waals surface area contributed by atoms with Crippen molar-refractivity contribution in [2.75, 3.05) is 4.90 Å². The van der Waals surface area contributed by atoms with Crippen LogP contribution in [0.15, 0.2) is 164 Å². The topological polar surface area (TPSA) is 3.24 Å². The Labute approximate surface area is 270 Å². The highest BCUT2D eigenvalue weighted by atomic mass is 32.1. The highest BCUT2D eigenvalue weighted by Crippen LogP contribution is 2.49. The first kappa shape index (κ1) is 25.6. The van der Waals surface area contributed by atoms with E-state index in [0.29, 0.717) is 0 Å². The fraction of sp³-hybridized carbons (Fsp3) is 0. The maximum atomic E-state index is 2.45. The highest BCUT2D eigenvalue weighted by Gasteiger charge is 2.21. The van der Waals surface area contributed by atoms with Crippen LogP contribution in [-0.4, -0.2) is 0 Å². The quantitative estimate of drug-likeness (QED) is 0.182. The Morgan fingerprint density at radius 2 is 0.783 bits per heavy atom.